The van der Waals surface area contributed by atoms with Crippen molar-refractivity contribution >= 4 is 0 Å². The summed E-state index contributed by atoms with van der Waals surface area (Å²) >= 11 is 0. The summed E-state index contributed by atoms with van der Waals surface area (Å²) in [4.78, 5) is 14.3. The Hall–Kier alpha value is -4.89. The molecule has 3 heteroatoms. The molecule has 0 saturated carbocycles. The Morgan fingerprint density at radius 2 is 1.03 bits per heavy atom. The molecule has 5 aromatic carbocycles. The van der Waals surface area contributed by atoms with Gasteiger partial charge in [-0.3, -0.25) is 0 Å². The van der Waals surface area contributed by atoms with Crippen molar-refractivity contribution < 1.29 is 6.85 Å². The number of rotatable bonds is 4. The summed E-state index contributed by atoms with van der Waals surface area (Å²) in [6.07, 6.45) is 0. The number of benzene rings is 5. The number of aromatic nitrogens is 3. The van der Waals surface area contributed by atoms with Crippen LogP contribution in [-0.4, -0.2) is 15.0 Å². The highest BCUT2D eigenvalue weighted by Gasteiger charge is 2.35. The predicted octanol–water partition coefficient (Wildman–Crippen LogP) is 8.85. The summed E-state index contributed by atoms with van der Waals surface area (Å²) < 4.78 is 41.7. The Bertz CT molecular complexity index is 2060. The fourth-order valence-corrected chi connectivity index (χ4v) is 5.39. The van der Waals surface area contributed by atoms with E-state index in [-0.39, 0.29) is 28.9 Å². The molecule has 3 nitrogen and oxygen atoms in total. The largest absolute Gasteiger partial charge is 0.208 e. The predicted molar refractivity (Wildman–Crippen MR) is 159 cm³/mol. The van der Waals surface area contributed by atoms with Gasteiger partial charge in [0.2, 0.25) is 0 Å². The second kappa shape index (κ2) is 9.14. The van der Waals surface area contributed by atoms with Crippen LogP contribution in [0.4, 0.5) is 0 Å². The summed E-state index contributed by atoms with van der Waals surface area (Å²) in [5.74, 6) is 0.732. The van der Waals surface area contributed by atoms with Crippen molar-refractivity contribution in [3.8, 4) is 56.4 Å². The van der Waals surface area contributed by atoms with Gasteiger partial charge in [0.25, 0.3) is 0 Å². The van der Waals surface area contributed by atoms with Gasteiger partial charge in [-0.25, -0.2) is 15.0 Å². The molecule has 1 heterocycles. The Labute approximate surface area is 235 Å². The van der Waals surface area contributed by atoms with Crippen molar-refractivity contribution in [2.24, 2.45) is 0 Å². The Balaban J connectivity index is 1.42. The molecule has 0 bridgehead atoms. The number of nitrogens with zero attached hydrogens (tertiary/aromatic N) is 3. The third-order valence-corrected chi connectivity index (χ3v) is 7.45. The van der Waals surface area contributed by atoms with Gasteiger partial charge in [0.15, 0.2) is 17.5 Å². The zero-order chi connectivity index (χ0) is 30.7. The molecule has 6 aromatic rings. The summed E-state index contributed by atoms with van der Waals surface area (Å²) in [5.41, 5.74) is 8.05. The molecule has 0 fully saturated rings. The van der Waals surface area contributed by atoms with E-state index in [2.05, 4.69) is 49.2 Å². The van der Waals surface area contributed by atoms with Gasteiger partial charge in [-0.05, 0) is 39.4 Å². The van der Waals surface area contributed by atoms with Crippen LogP contribution in [0.2, 0.25) is 0 Å². The zero-order valence-corrected chi connectivity index (χ0v) is 21.6. The zero-order valence-electron chi connectivity index (χ0n) is 26.6. The fourth-order valence-electron chi connectivity index (χ4n) is 5.39. The normalized spacial score (nSPS) is 14.9. The van der Waals surface area contributed by atoms with E-state index in [1.54, 1.807) is 0 Å². The van der Waals surface area contributed by atoms with E-state index in [4.69, 9.17) is 16.8 Å². The smallest absolute Gasteiger partial charge is 0.164 e. The lowest BCUT2D eigenvalue weighted by atomic mass is 9.82. The van der Waals surface area contributed by atoms with Gasteiger partial charge in [0.05, 0.1) is 6.85 Å². The molecule has 1 aliphatic rings. The van der Waals surface area contributed by atoms with Crippen molar-refractivity contribution in [3.63, 3.8) is 0 Å². The first-order valence-electron chi connectivity index (χ1n) is 15.4. The van der Waals surface area contributed by atoms with Crippen molar-refractivity contribution in [3.05, 3.63) is 138 Å². The van der Waals surface area contributed by atoms with Crippen LogP contribution in [0, 0.1) is 0 Å². The monoisotopic (exact) mass is 506 g/mol. The van der Waals surface area contributed by atoms with E-state index in [1.807, 2.05) is 66.7 Å². The average Bonchev–Trinajstić information content (AvgIpc) is 3.29. The molecule has 39 heavy (non-hydrogen) atoms. The van der Waals surface area contributed by atoms with Gasteiger partial charge in [-0.2, -0.15) is 0 Å². The van der Waals surface area contributed by atoms with Crippen LogP contribution in [0.25, 0.3) is 56.4 Å². The molecule has 0 radical (unpaired) electrons. The highest BCUT2D eigenvalue weighted by atomic mass is 15.0. The first-order valence-corrected chi connectivity index (χ1v) is 12.9. The maximum absolute atomic E-state index is 8.60. The second-order valence-electron chi connectivity index (χ2n) is 10.2. The van der Waals surface area contributed by atoms with Gasteiger partial charge in [-0.1, -0.05) is 135 Å². The third kappa shape index (κ3) is 4.04. The topological polar surface area (TPSA) is 38.7 Å². The Morgan fingerprint density at radius 1 is 0.487 bits per heavy atom. The molecule has 0 unspecified atom stereocenters. The molecule has 7 rings (SSSR count). The molecule has 1 aliphatic carbocycles. The van der Waals surface area contributed by atoms with Gasteiger partial charge in [0, 0.05) is 22.1 Å². The van der Waals surface area contributed by atoms with E-state index in [0.29, 0.717) is 11.6 Å². The molecule has 0 atom stereocenters. The van der Waals surface area contributed by atoms with E-state index in [0.717, 1.165) is 33.4 Å². The van der Waals surface area contributed by atoms with E-state index < -0.39 is 18.1 Å². The van der Waals surface area contributed by atoms with Crippen molar-refractivity contribution in [1.29, 1.82) is 0 Å². The molecule has 186 valence electrons. The molecule has 0 spiro atoms. The summed E-state index contributed by atoms with van der Waals surface area (Å²) in [6.45, 7) is 4.40. The van der Waals surface area contributed by atoms with E-state index >= 15 is 0 Å². The standard InChI is InChI=1S/C36H27N3/c1-36(2)31-16-10-9-15-29(31)30-22-21-28(23-32(30)36)35-38-33(26-13-7-4-8-14-26)37-34(39-35)27-19-17-25(18-20-27)24-11-5-3-6-12-24/h3-23H,1-2H3/i4D,7D,8D,13D,14D. The van der Waals surface area contributed by atoms with Crippen LogP contribution in [-0.2, 0) is 5.41 Å². The lowest BCUT2D eigenvalue weighted by Gasteiger charge is -2.21. The summed E-state index contributed by atoms with van der Waals surface area (Å²) in [5, 5.41) is 0. The SMILES string of the molecule is [2H]c1c([2H])c([2H])c(-c2nc(-c3ccc(-c4ccccc4)cc3)nc(-c3ccc4c(c3)C(C)(C)c3ccccc3-4)n2)c([2H])c1[2H]. The van der Waals surface area contributed by atoms with Gasteiger partial charge in [-0.15, -0.1) is 0 Å². The molecule has 0 amide bonds. The van der Waals surface area contributed by atoms with Crippen LogP contribution >= 0.6 is 0 Å². The second-order valence-corrected chi connectivity index (χ2v) is 10.2. The molecular weight excluding hydrogens is 474 g/mol. The number of hydrogen-bond donors (Lipinski definition) is 0. The quantitative estimate of drug-likeness (QED) is 0.240. The first kappa shape index (κ1) is 18.4. The van der Waals surface area contributed by atoms with Crippen molar-refractivity contribution in [1.82, 2.24) is 15.0 Å². The highest BCUT2D eigenvalue weighted by molar-refractivity contribution is 5.83. The maximum Gasteiger partial charge on any atom is 0.164 e. The average molecular weight is 507 g/mol. The van der Waals surface area contributed by atoms with Crippen LogP contribution < -0.4 is 0 Å². The van der Waals surface area contributed by atoms with Crippen LogP contribution in [0.15, 0.2) is 127 Å². The maximum atomic E-state index is 8.60. The van der Waals surface area contributed by atoms with E-state index in [9.17, 15) is 0 Å². The van der Waals surface area contributed by atoms with Crippen LogP contribution in [0.3, 0.4) is 0 Å². The Kier molecular flexibility index (Phi) is 4.31. The Morgan fingerprint density at radius 3 is 1.77 bits per heavy atom. The summed E-state index contributed by atoms with van der Waals surface area (Å²) in [6, 6.07) is 30.4. The van der Waals surface area contributed by atoms with Gasteiger partial charge in [0.1, 0.15) is 0 Å². The molecule has 1 aromatic heterocycles. The minimum absolute atomic E-state index is 0.0252. The molecule has 0 N–H and O–H groups in total. The van der Waals surface area contributed by atoms with E-state index in [1.165, 1.54) is 11.1 Å². The fraction of sp³-hybridized carbons (Fsp3) is 0.0833. The highest BCUT2D eigenvalue weighted by Crippen LogP contribution is 2.49. The lowest BCUT2D eigenvalue weighted by molar-refractivity contribution is 0.660. The minimum atomic E-state index is -0.463. The van der Waals surface area contributed by atoms with Gasteiger partial charge < -0.3 is 0 Å². The minimum Gasteiger partial charge on any atom is -0.208 e. The van der Waals surface area contributed by atoms with Crippen LogP contribution in [0.1, 0.15) is 31.8 Å². The molecule has 0 aliphatic heterocycles. The van der Waals surface area contributed by atoms with Crippen molar-refractivity contribution in [2.45, 2.75) is 19.3 Å². The summed E-state index contributed by atoms with van der Waals surface area (Å²) in [7, 11) is 0. The third-order valence-electron chi connectivity index (χ3n) is 7.45. The number of fused-ring (bicyclic) bond motifs is 3. The van der Waals surface area contributed by atoms with Crippen LogP contribution in [0.5, 0.6) is 0 Å². The van der Waals surface area contributed by atoms with Gasteiger partial charge >= 0.3 is 0 Å². The number of hydrogen-bond acceptors (Lipinski definition) is 3. The lowest BCUT2D eigenvalue weighted by Crippen LogP contribution is -2.15. The molecule has 0 saturated heterocycles. The first-order chi connectivity index (χ1) is 21.1. The van der Waals surface area contributed by atoms with Crippen molar-refractivity contribution in [2.75, 3.05) is 0 Å². The molecular formula is C36H27N3.